The number of hydrogen-bond donors (Lipinski definition) is 1. The van der Waals surface area contributed by atoms with Crippen LogP contribution in [-0.2, 0) is 4.74 Å². The Kier molecular flexibility index (Phi) is 3.76. The molecule has 0 saturated heterocycles. The Hall–Kier alpha value is -0.340. The van der Waals surface area contributed by atoms with Crippen LogP contribution in [0, 0.1) is 0 Å². The Bertz CT molecular complexity index is 154. The van der Waals surface area contributed by atoms with Crippen LogP contribution in [0.1, 0.15) is 32.6 Å². The quantitative estimate of drug-likeness (QED) is 0.655. The van der Waals surface area contributed by atoms with Gasteiger partial charge in [-0.15, -0.1) is 0 Å². The van der Waals surface area contributed by atoms with Crippen LogP contribution in [-0.4, -0.2) is 23.9 Å². The highest BCUT2D eigenvalue weighted by Gasteiger charge is 2.23. The topological polar surface area (TPSA) is 29.5 Å². The van der Waals surface area contributed by atoms with E-state index in [-0.39, 0.29) is 12.2 Å². The molecule has 2 heteroatoms. The van der Waals surface area contributed by atoms with E-state index in [0.717, 1.165) is 24.8 Å². The van der Waals surface area contributed by atoms with Crippen molar-refractivity contribution in [1.29, 1.82) is 0 Å². The number of rotatable bonds is 3. The maximum atomic E-state index is 9.53. The first-order valence-electron chi connectivity index (χ1n) is 4.64. The van der Waals surface area contributed by atoms with Crippen molar-refractivity contribution in [2.24, 2.45) is 0 Å². The maximum Gasteiger partial charge on any atom is 0.0838 e. The lowest BCUT2D eigenvalue weighted by atomic mass is 9.95. The van der Waals surface area contributed by atoms with Crippen molar-refractivity contribution in [2.45, 2.75) is 44.8 Å². The number of hydrogen-bond acceptors (Lipinski definition) is 2. The van der Waals surface area contributed by atoms with Crippen molar-refractivity contribution < 1.29 is 9.84 Å². The van der Waals surface area contributed by atoms with Gasteiger partial charge in [0, 0.05) is 0 Å². The van der Waals surface area contributed by atoms with Crippen LogP contribution in [0.25, 0.3) is 0 Å². The van der Waals surface area contributed by atoms with E-state index < -0.39 is 0 Å². The van der Waals surface area contributed by atoms with Gasteiger partial charge in [0.1, 0.15) is 0 Å². The molecule has 1 saturated carbocycles. The molecular weight excluding hydrogens is 152 g/mol. The Morgan fingerprint density at radius 1 is 1.50 bits per heavy atom. The summed E-state index contributed by atoms with van der Waals surface area (Å²) in [4.78, 5) is 0. The fourth-order valence-corrected chi connectivity index (χ4v) is 1.52. The van der Waals surface area contributed by atoms with Gasteiger partial charge in [-0.05, 0) is 19.8 Å². The molecule has 2 nitrogen and oxygen atoms in total. The Balaban J connectivity index is 2.24. The molecular formula is C10H18O2. The normalized spacial score (nSPS) is 30.2. The van der Waals surface area contributed by atoms with Crippen molar-refractivity contribution in [3.05, 3.63) is 12.2 Å². The largest absolute Gasteiger partial charge is 0.390 e. The van der Waals surface area contributed by atoms with Gasteiger partial charge in [0.25, 0.3) is 0 Å². The molecule has 0 radical (unpaired) electrons. The zero-order valence-corrected chi connectivity index (χ0v) is 7.75. The SMILES string of the molecule is C=C(C)CO[C@H]1CCCCC1O. The first-order valence-corrected chi connectivity index (χ1v) is 4.64. The van der Waals surface area contributed by atoms with Crippen LogP contribution in [0.2, 0.25) is 0 Å². The highest BCUT2D eigenvalue weighted by Crippen LogP contribution is 2.21. The molecule has 0 aromatic rings. The van der Waals surface area contributed by atoms with Gasteiger partial charge in [-0.2, -0.15) is 0 Å². The highest BCUT2D eigenvalue weighted by molar-refractivity contribution is 4.88. The molecule has 70 valence electrons. The fraction of sp³-hybridized carbons (Fsp3) is 0.800. The van der Waals surface area contributed by atoms with E-state index in [1.807, 2.05) is 6.92 Å². The molecule has 1 aliphatic carbocycles. The molecule has 0 bridgehead atoms. The first kappa shape index (κ1) is 9.75. The lowest BCUT2D eigenvalue weighted by Crippen LogP contribution is -2.32. The molecule has 1 rings (SSSR count). The summed E-state index contributed by atoms with van der Waals surface area (Å²) in [6.45, 7) is 6.28. The minimum Gasteiger partial charge on any atom is -0.390 e. The number of aliphatic hydroxyl groups excluding tert-OH is 1. The molecule has 0 spiro atoms. The molecule has 12 heavy (non-hydrogen) atoms. The van der Waals surface area contributed by atoms with E-state index >= 15 is 0 Å². The second-order valence-corrected chi connectivity index (χ2v) is 3.66. The Morgan fingerprint density at radius 2 is 2.17 bits per heavy atom. The summed E-state index contributed by atoms with van der Waals surface area (Å²) in [7, 11) is 0. The summed E-state index contributed by atoms with van der Waals surface area (Å²) in [6, 6.07) is 0. The van der Waals surface area contributed by atoms with Gasteiger partial charge in [0.2, 0.25) is 0 Å². The van der Waals surface area contributed by atoms with Gasteiger partial charge in [-0.1, -0.05) is 25.0 Å². The molecule has 0 aromatic carbocycles. The van der Waals surface area contributed by atoms with Crippen molar-refractivity contribution in [3.8, 4) is 0 Å². The molecule has 1 N–H and O–H groups in total. The lowest BCUT2D eigenvalue weighted by Gasteiger charge is -2.27. The van der Waals surface area contributed by atoms with Crippen LogP contribution >= 0.6 is 0 Å². The average Bonchev–Trinajstić information content (AvgIpc) is 2.03. The van der Waals surface area contributed by atoms with Crippen molar-refractivity contribution >= 4 is 0 Å². The van der Waals surface area contributed by atoms with E-state index in [9.17, 15) is 5.11 Å². The van der Waals surface area contributed by atoms with Crippen LogP contribution < -0.4 is 0 Å². The maximum absolute atomic E-state index is 9.53. The van der Waals surface area contributed by atoms with E-state index in [4.69, 9.17) is 4.74 Å². The van der Waals surface area contributed by atoms with E-state index in [0.29, 0.717) is 6.61 Å². The Morgan fingerprint density at radius 3 is 2.75 bits per heavy atom. The molecule has 1 aliphatic rings. The number of ether oxygens (including phenoxy) is 1. The van der Waals surface area contributed by atoms with Crippen molar-refractivity contribution in [2.75, 3.05) is 6.61 Å². The number of aliphatic hydroxyl groups is 1. The summed E-state index contributed by atoms with van der Waals surface area (Å²) in [5.41, 5.74) is 1.02. The molecule has 1 unspecified atom stereocenters. The van der Waals surface area contributed by atoms with Crippen LogP contribution in [0.5, 0.6) is 0 Å². The van der Waals surface area contributed by atoms with Gasteiger partial charge in [0.05, 0.1) is 18.8 Å². The molecule has 1 fully saturated rings. The van der Waals surface area contributed by atoms with E-state index in [2.05, 4.69) is 6.58 Å². The van der Waals surface area contributed by atoms with Crippen LogP contribution in [0.3, 0.4) is 0 Å². The lowest BCUT2D eigenvalue weighted by molar-refractivity contribution is -0.0508. The second kappa shape index (κ2) is 4.63. The summed E-state index contributed by atoms with van der Waals surface area (Å²) in [5, 5.41) is 9.53. The first-order chi connectivity index (χ1) is 5.70. The molecule has 0 heterocycles. The minimum absolute atomic E-state index is 0.0513. The molecule has 2 atom stereocenters. The summed E-state index contributed by atoms with van der Waals surface area (Å²) < 4.78 is 5.51. The summed E-state index contributed by atoms with van der Waals surface area (Å²) >= 11 is 0. The smallest absolute Gasteiger partial charge is 0.0838 e. The van der Waals surface area contributed by atoms with E-state index in [1.54, 1.807) is 0 Å². The summed E-state index contributed by atoms with van der Waals surface area (Å²) in [6.07, 6.45) is 4.00. The standard InChI is InChI=1S/C10H18O2/c1-8(2)7-12-10-6-4-3-5-9(10)11/h9-11H,1,3-7H2,2H3/t9?,10-/m0/s1. The molecule has 0 aliphatic heterocycles. The predicted molar refractivity (Wildman–Crippen MR) is 49.0 cm³/mol. The monoisotopic (exact) mass is 170 g/mol. The van der Waals surface area contributed by atoms with Gasteiger partial charge >= 0.3 is 0 Å². The van der Waals surface area contributed by atoms with Crippen LogP contribution in [0.4, 0.5) is 0 Å². The third-order valence-electron chi connectivity index (χ3n) is 2.21. The van der Waals surface area contributed by atoms with Gasteiger partial charge in [-0.3, -0.25) is 0 Å². The Labute approximate surface area is 74.2 Å². The van der Waals surface area contributed by atoms with Gasteiger partial charge < -0.3 is 9.84 Å². The third kappa shape index (κ3) is 2.95. The van der Waals surface area contributed by atoms with Crippen LogP contribution in [0.15, 0.2) is 12.2 Å². The third-order valence-corrected chi connectivity index (χ3v) is 2.21. The minimum atomic E-state index is -0.252. The van der Waals surface area contributed by atoms with Crippen molar-refractivity contribution in [3.63, 3.8) is 0 Å². The van der Waals surface area contributed by atoms with Crippen molar-refractivity contribution in [1.82, 2.24) is 0 Å². The molecule has 0 aromatic heterocycles. The predicted octanol–water partition coefficient (Wildman–Crippen LogP) is 1.88. The zero-order chi connectivity index (χ0) is 8.97. The molecule has 0 amide bonds. The summed E-state index contributed by atoms with van der Waals surface area (Å²) in [5.74, 6) is 0. The zero-order valence-electron chi connectivity index (χ0n) is 7.75. The van der Waals surface area contributed by atoms with E-state index in [1.165, 1.54) is 6.42 Å². The second-order valence-electron chi connectivity index (χ2n) is 3.66. The average molecular weight is 170 g/mol. The van der Waals surface area contributed by atoms with Gasteiger partial charge in [0.15, 0.2) is 0 Å². The fourth-order valence-electron chi connectivity index (χ4n) is 1.52. The van der Waals surface area contributed by atoms with Gasteiger partial charge in [-0.25, -0.2) is 0 Å². The highest BCUT2D eigenvalue weighted by atomic mass is 16.5.